The van der Waals surface area contributed by atoms with Crippen molar-refractivity contribution in [2.75, 3.05) is 12.3 Å². The Kier molecular flexibility index (Phi) is 4.71. The van der Waals surface area contributed by atoms with Gasteiger partial charge in [0.1, 0.15) is 17.4 Å². The van der Waals surface area contributed by atoms with Crippen molar-refractivity contribution in [1.82, 2.24) is 14.5 Å². The van der Waals surface area contributed by atoms with Crippen molar-refractivity contribution in [2.45, 2.75) is 24.9 Å². The highest BCUT2D eigenvalue weighted by Crippen LogP contribution is 2.30. The molecule has 0 amide bonds. The van der Waals surface area contributed by atoms with Crippen LogP contribution in [0, 0.1) is 0 Å². The van der Waals surface area contributed by atoms with E-state index in [1.54, 1.807) is 30.3 Å². The zero-order valence-electron chi connectivity index (χ0n) is 14.4. The summed E-state index contributed by atoms with van der Waals surface area (Å²) in [6, 6.07) is 8.47. The van der Waals surface area contributed by atoms with Crippen molar-refractivity contribution >= 4 is 33.6 Å². The maximum Gasteiger partial charge on any atom is 0.338 e. The van der Waals surface area contributed by atoms with Crippen LogP contribution in [0.4, 0.5) is 5.95 Å². The summed E-state index contributed by atoms with van der Waals surface area (Å²) in [7, 11) is 0. The molecule has 11 heteroatoms. The summed E-state index contributed by atoms with van der Waals surface area (Å²) < 4.78 is 12.2. The first-order chi connectivity index (χ1) is 13.4. The van der Waals surface area contributed by atoms with Crippen molar-refractivity contribution in [1.29, 1.82) is 0 Å². The molecule has 1 fully saturated rings. The summed E-state index contributed by atoms with van der Waals surface area (Å²) in [5.41, 5.74) is 5.47. The van der Waals surface area contributed by atoms with E-state index in [0.717, 1.165) is 4.57 Å². The zero-order valence-corrected chi connectivity index (χ0v) is 15.2. The van der Waals surface area contributed by atoms with Crippen molar-refractivity contribution in [3.8, 4) is 0 Å². The van der Waals surface area contributed by atoms with Crippen LogP contribution in [-0.4, -0.2) is 44.4 Å². The van der Waals surface area contributed by atoms with Gasteiger partial charge in [-0.2, -0.15) is 4.98 Å². The Balaban J connectivity index is 1.53. The van der Waals surface area contributed by atoms with Gasteiger partial charge in [-0.25, -0.2) is 4.79 Å². The van der Waals surface area contributed by atoms with E-state index < -0.39 is 34.8 Å². The van der Waals surface area contributed by atoms with Gasteiger partial charge in [-0.05, 0) is 12.1 Å². The number of aromatic nitrogens is 3. The molecular formula is C17H16N4O6S. The monoisotopic (exact) mass is 404 g/mol. The molecule has 0 bridgehead atoms. The summed E-state index contributed by atoms with van der Waals surface area (Å²) in [4.78, 5) is 42.2. The van der Waals surface area contributed by atoms with Crippen molar-refractivity contribution in [2.24, 2.45) is 0 Å². The number of nitrogens with two attached hydrogens (primary N) is 1. The number of nitrogens with zero attached hydrogens (tertiary/aromatic N) is 2. The number of rotatable bonds is 4. The van der Waals surface area contributed by atoms with Gasteiger partial charge in [0.15, 0.2) is 11.9 Å². The van der Waals surface area contributed by atoms with Gasteiger partial charge in [-0.15, -0.1) is 0 Å². The summed E-state index contributed by atoms with van der Waals surface area (Å²) in [5.74, 6) is -0.661. The predicted octanol–water partition coefficient (Wildman–Crippen LogP) is 0.234. The van der Waals surface area contributed by atoms with E-state index in [4.69, 9.17) is 15.2 Å². The minimum atomic E-state index is -1.06. The fourth-order valence-electron chi connectivity index (χ4n) is 3.07. The minimum absolute atomic E-state index is 0.0437. The first kappa shape index (κ1) is 18.3. The molecule has 0 radical (unpaired) electrons. The molecule has 0 aliphatic carbocycles. The van der Waals surface area contributed by atoms with E-state index in [1.165, 1.54) is 0 Å². The number of carbonyl (C=O) groups is 1. The number of esters is 1. The maximum absolute atomic E-state index is 12.4. The van der Waals surface area contributed by atoms with E-state index in [2.05, 4.69) is 9.97 Å². The van der Waals surface area contributed by atoms with Gasteiger partial charge >= 0.3 is 10.8 Å². The van der Waals surface area contributed by atoms with Crippen molar-refractivity contribution < 1.29 is 19.4 Å². The average molecular weight is 404 g/mol. The molecule has 28 heavy (non-hydrogen) atoms. The SMILES string of the molecule is Nc1nc2c(sc(=O)n2[C@@H]2O[C@H](COC(=O)c3ccccc3)C[C@H]2O)c(=O)[nH]1. The molecule has 3 heterocycles. The number of thiazole rings is 1. The highest BCUT2D eigenvalue weighted by molar-refractivity contribution is 7.16. The van der Waals surface area contributed by atoms with E-state index in [9.17, 15) is 19.5 Å². The molecule has 0 saturated carbocycles. The molecule has 3 atom stereocenters. The van der Waals surface area contributed by atoms with Gasteiger partial charge in [-0.3, -0.25) is 19.1 Å². The minimum Gasteiger partial charge on any atom is -0.459 e. The van der Waals surface area contributed by atoms with Crippen LogP contribution in [0.5, 0.6) is 0 Å². The summed E-state index contributed by atoms with van der Waals surface area (Å²) in [6.45, 7) is -0.0890. The second-order valence-electron chi connectivity index (χ2n) is 6.26. The third kappa shape index (κ3) is 3.30. The second kappa shape index (κ2) is 7.19. The number of fused-ring (bicyclic) bond motifs is 1. The molecule has 1 saturated heterocycles. The Morgan fingerprint density at radius 3 is 2.89 bits per heavy atom. The molecule has 4 rings (SSSR count). The number of carbonyl (C=O) groups excluding carboxylic acids is 1. The zero-order chi connectivity index (χ0) is 19.8. The Morgan fingerprint density at radius 2 is 2.14 bits per heavy atom. The number of aliphatic hydroxyl groups is 1. The summed E-state index contributed by atoms with van der Waals surface area (Å²) >= 11 is 0.689. The largest absolute Gasteiger partial charge is 0.459 e. The predicted molar refractivity (Wildman–Crippen MR) is 100 cm³/mol. The average Bonchev–Trinajstić information content (AvgIpc) is 3.19. The third-order valence-electron chi connectivity index (χ3n) is 4.32. The van der Waals surface area contributed by atoms with Gasteiger partial charge in [0, 0.05) is 6.42 Å². The van der Waals surface area contributed by atoms with Crippen LogP contribution >= 0.6 is 11.3 Å². The maximum atomic E-state index is 12.4. The Hall–Kier alpha value is -3.02. The van der Waals surface area contributed by atoms with Crippen LogP contribution in [0.3, 0.4) is 0 Å². The standard InChI is InChI=1S/C17H16N4O6S/c18-16-19-12-11(13(23)20-16)28-17(25)21(12)14-10(22)6-9(27-14)7-26-15(24)8-4-2-1-3-5-8/h1-5,9-10,14,22H,6-7H2,(H3,18,19,20,23)/t9-,10+,14+/m0/s1. The normalized spacial score (nSPS) is 21.8. The first-order valence-corrected chi connectivity index (χ1v) is 9.22. The molecule has 1 aliphatic heterocycles. The number of nitrogen functional groups attached to an aromatic ring is 1. The molecule has 1 aromatic carbocycles. The number of ether oxygens (including phenoxy) is 2. The number of aliphatic hydroxyl groups excluding tert-OH is 1. The Morgan fingerprint density at radius 1 is 1.39 bits per heavy atom. The number of hydrogen-bond acceptors (Lipinski definition) is 9. The fraction of sp³-hybridized carbons (Fsp3) is 0.294. The molecule has 10 nitrogen and oxygen atoms in total. The van der Waals surface area contributed by atoms with Gasteiger partial charge in [0.25, 0.3) is 5.56 Å². The first-order valence-electron chi connectivity index (χ1n) is 8.40. The number of anilines is 1. The van der Waals surface area contributed by atoms with Gasteiger partial charge < -0.3 is 20.3 Å². The lowest BCUT2D eigenvalue weighted by Gasteiger charge is -2.16. The van der Waals surface area contributed by atoms with Crippen LogP contribution in [0.2, 0.25) is 0 Å². The van der Waals surface area contributed by atoms with E-state index >= 15 is 0 Å². The number of benzene rings is 1. The Labute approximate surface area is 161 Å². The second-order valence-corrected chi connectivity index (χ2v) is 7.22. The molecule has 4 N–H and O–H groups in total. The number of hydrogen-bond donors (Lipinski definition) is 3. The summed E-state index contributed by atoms with van der Waals surface area (Å²) in [6.07, 6.45) is -2.57. The quantitative estimate of drug-likeness (QED) is 0.523. The van der Waals surface area contributed by atoms with Crippen LogP contribution in [-0.2, 0) is 9.47 Å². The van der Waals surface area contributed by atoms with Crippen molar-refractivity contribution in [3.63, 3.8) is 0 Å². The fourth-order valence-corrected chi connectivity index (χ4v) is 3.91. The molecule has 146 valence electrons. The summed E-state index contributed by atoms with van der Waals surface area (Å²) in [5, 5.41) is 10.4. The van der Waals surface area contributed by atoms with Crippen LogP contribution in [0.1, 0.15) is 23.0 Å². The van der Waals surface area contributed by atoms with E-state index in [0.29, 0.717) is 16.9 Å². The number of aromatic amines is 1. The molecule has 0 spiro atoms. The van der Waals surface area contributed by atoms with Gasteiger partial charge in [0.05, 0.1) is 11.7 Å². The third-order valence-corrected chi connectivity index (χ3v) is 5.26. The molecule has 1 aliphatic rings. The van der Waals surface area contributed by atoms with E-state index in [-0.39, 0.29) is 29.3 Å². The molecule has 3 aromatic rings. The lowest BCUT2D eigenvalue weighted by Crippen LogP contribution is -2.27. The van der Waals surface area contributed by atoms with Crippen molar-refractivity contribution in [3.05, 3.63) is 55.9 Å². The molecular weight excluding hydrogens is 388 g/mol. The molecule has 2 aromatic heterocycles. The van der Waals surface area contributed by atoms with Gasteiger partial charge in [0.2, 0.25) is 5.95 Å². The lowest BCUT2D eigenvalue weighted by atomic mass is 10.2. The van der Waals surface area contributed by atoms with Crippen LogP contribution in [0.25, 0.3) is 10.3 Å². The van der Waals surface area contributed by atoms with Crippen LogP contribution < -0.4 is 16.2 Å². The Bertz CT molecular complexity index is 1140. The molecule has 0 unspecified atom stereocenters. The topological polar surface area (TPSA) is 150 Å². The van der Waals surface area contributed by atoms with Crippen LogP contribution in [0.15, 0.2) is 39.9 Å². The highest BCUT2D eigenvalue weighted by Gasteiger charge is 2.38. The van der Waals surface area contributed by atoms with E-state index in [1.807, 2.05) is 0 Å². The lowest BCUT2D eigenvalue weighted by molar-refractivity contribution is -0.0539. The number of nitrogens with one attached hydrogen (secondary N) is 1. The van der Waals surface area contributed by atoms with Gasteiger partial charge in [-0.1, -0.05) is 29.5 Å². The highest BCUT2D eigenvalue weighted by atomic mass is 32.1. The number of H-pyrrole nitrogens is 1. The smallest absolute Gasteiger partial charge is 0.338 e.